The van der Waals surface area contributed by atoms with Gasteiger partial charge in [0.05, 0.1) is 6.10 Å². The molecular weight excluding hydrogens is 536 g/mol. The Bertz CT molecular complexity index is 421. The topological polar surface area (TPSA) is 109 Å². The minimum atomic E-state index is -0.239. The highest BCUT2D eigenvalue weighted by Gasteiger charge is 2.03. The Kier molecular flexibility index (Phi) is 58.9. The lowest BCUT2D eigenvalue weighted by Crippen LogP contribution is -2.35. The second kappa shape index (κ2) is 48.5. The van der Waals surface area contributed by atoms with Crippen molar-refractivity contribution in [2.45, 2.75) is 105 Å². The molecule has 9 heteroatoms. The smallest absolute Gasteiger partial charge is 0.0791 e. The van der Waals surface area contributed by atoms with Crippen molar-refractivity contribution in [3.63, 3.8) is 0 Å². The van der Waals surface area contributed by atoms with Gasteiger partial charge in [0.1, 0.15) is 0 Å². The third-order valence-corrected chi connectivity index (χ3v) is 6.03. The summed E-state index contributed by atoms with van der Waals surface area (Å²) in [5.41, 5.74) is 10.4. The third kappa shape index (κ3) is 74.5. The Morgan fingerprint density at radius 3 is 1.33 bits per heavy atom. The van der Waals surface area contributed by atoms with Gasteiger partial charge in [0, 0.05) is 39.3 Å². The van der Waals surface area contributed by atoms with Gasteiger partial charge >= 0.3 is 0 Å². The first-order valence-corrected chi connectivity index (χ1v) is 17.6. The molecule has 1 unspecified atom stereocenters. The summed E-state index contributed by atoms with van der Waals surface area (Å²) in [5, 5.41) is 15.8. The van der Waals surface area contributed by atoms with Crippen LogP contribution in [0.5, 0.6) is 0 Å². The van der Waals surface area contributed by atoms with Crippen LogP contribution in [0.25, 0.3) is 0 Å². The lowest BCUT2D eigenvalue weighted by molar-refractivity contribution is 0.135. The number of aliphatic hydroxyl groups excluding tert-OH is 1. The van der Waals surface area contributed by atoms with Crippen LogP contribution in [-0.4, -0.2) is 152 Å². The number of likely N-dealkylation sites (N-methyl/N-ethyl adjacent to an activating group) is 3. The maximum atomic E-state index is 9.41. The molecule has 0 saturated heterocycles. The fourth-order valence-electron chi connectivity index (χ4n) is 3.17. The first kappa shape index (κ1) is 52.2. The van der Waals surface area contributed by atoms with Crippen molar-refractivity contribution in [1.29, 1.82) is 0 Å². The summed E-state index contributed by atoms with van der Waals surface area (Å²) >= 11 is 0. The van der Waals surface area contributed by atoms with Gasteiger partial charge in [0.25, 0.3) is 0 Å². The van der Waals surface area contributed by atoms with E-state index in [9.17, 15) is 5.11 Å². The number of hydrogen-bond acceptors (Lipinski definition) is 9. The summed E-state index contributed by atoms with van der Waals surface area (Å²) in [6, 6.07) is 0. The van der Waals surface area contributed by atoms with E-state index in [1.165, 1.54) is 90.4 Å². The molecule has 0 radical (unpaired) electrons. The lowest BCUT2D eigenvalue weighted by atomic mass is 10.3. The van der Waals surface area contributed by atoms with Crippen molar-refractivity contribution < 1.29 is 5.11 Å². The summed E-state index contributed by atoms with van der Waals surface area (Å²) in [5.74, 6) is 0. The molecule has 0 aliphatic carbocycles. The maximum Gasteiger partial charge on any atom is 0.0791 e. The molecule has 0 aromatic rings. The molecule has 0 aromatic carbocycles. The number of hydrogen-bond donors (Lipinski definition) is 5. The Morgan fingerprint density at radius 2 is 0.977 bits per heavy atom. The van der Waals surface area contributed by atoms with E-state index in [-0.39, 0.29) is 6.10 Å². The van der Waals surface area contributed by atoms with Gasteiger partial charge in [-0.1, -0.05) is 66.7 Å². The molecule has 0 spiro atoms. The Balaban J connectivity index is -0.000000144. The lowest BCUT2D eigenvalue weighted by Gasteiger charge is -2.18. The zero-order valence-electron chi connectivity index (χ0n) is 31.8. The van der Waals surface area contributed by atoms with Gasteiger partial charge in [0.15, 0.2) is 0 Å². The molecule has 0 bridgehead atoms. The maximum absolute atomic E-state index is 9.41. The van der Waals surface area contributed by atoms with Gasteiger partial charge in [-0.3, -0.25) is 0 Å². The summed E-state index contributed by atoms with van der Waals surface area (Å²) in [6.07, 6.45) is 12.3. The average molecular weight is 623 g/mol. The fourth-order valence-corrected chi connectivity index (χ4v) is 3.17. The van der Waals surface area contributed by atoms with E-state index < -0.39 is 0 Å². The van der Waals surface area contributed by atoms with E-state index in [0.717, 1.165) is 39.3 Å². The van der Waals surface area contributed by atoms with Crippen LogP contribution >= 0.6 is 0 Å². The van der Waals surface area contributed by atoms with Crippen LogP contribution in [0.4, 0.5) is 0 Å². The molecule has 0 saturated carbocycles. The highest BCUT2D eigenvalue weighted by Crippen LogP contribution is 1.91. The SMILES string of the molecule is CCCCN.CCCCN(C)C.CCCCN(C)CCN(C)C.CCCCNCC(O)CN(C)C.CCCCNCCN. The predicted molar refractivity (Wildman–Crippen MR) is 198 cm³/mol. The van der Waals surface area contributed by atoms with Crippen LogP contribution in [0.1, 0.15) is 98.8 Å². The van der Waals surface area contributed by atoms with Crippen LogP contribution in [0.3, 0.4) is 0 Å². The first-order valence-electron chi connectivity index (χ1n) is 17.6. The highest BCUT2D eigenvalue weighted by atomic mass is 16.3. The molecule has 0 aromatic heterocycles. The summed E-state index contributed by atoms with van der Waals surface area (Å²) in [6.45, 7) is 21.9. The van der Waals surface area contributed by atoms with Crippen LogP contribution < -0.4 is 22.1 Å². The number of rotatable bonds is 23. The molecule has 43 heavy (non-hydrogen) atoms. The van der Waals surface area contributed by atoms with Crippen molar-refractivity contribution in [3.05, 3.63) is 0 Å². The molecule has 0 heterocycles. The third-order valence-electron chi connectivity index (χ3n) is 6.03. The summed E-state index contributed by atoms with van der Waals surface area (Å²) in [7, 11) is 14.6. The normalized spacial score (nSPS) is 11.2. The molecular formula is C34H86N8O. The monoisotopic (exact) mass is 623 g/mol. The zero-order chi connectivity index (χ0) is 34.2. The van der Waals surface area contributed by atoms with Gasteiger partial charge in [-0.2, -0.15) is 0 Å². The standard InChI is InChI=1S/C9H22N2O.C9H22N2.C6H16N2.C6H15N.C4H11N/c1-4-5-6-10-7-9(12)8-11(2)3;1-5-6-7-11(4)9-8-10(2)3;1-2-3-5-8-6-4-7;1-4-5-6-7(2)3;1-2-3-4-5/h9-10,12H,4-8H2,1-3H3;5-9H2,1-4H3;8H,2-7H2,1H3;4-6H2,1-3H3;2-5H2,1H3. The molecule has 1 atom stereocenters. The highest BCUT2D eigenvalue weighted by molar-refractivity contribution is 4.61. The van der Waals surface area contributed by atoms with E-state index in [4.69, 9.17) is 11.5 Å². The average Bonchev–Trinajstić information content (AvgIpc) is 2.95. The molecule has 0 amide bonds. The molecule has 0 aliphatic rings. The Hall–Kier alpha value is -0.360. The number of nitrogens with one attached hydrogen (secondary N) is 2. The van der Waals surface area contributed by atoms with Crippen molar-refractivity contribution >= 4 is 0 Å². The number of nitrogens with zero attached hydrogens (tertiary/aromatic N) is 4. The van der Waals surface area contributed by atoms with Gasteiger partial charge < -0.3 is 46.8 Å². The quantitative estimate of drug-likeness (QED) is 0.108. The molecule has 7 N–H and O–H groups in total. The van der Waals surface area contributed by atoms with Crippen molar-refractivity contribution in [1.82, 2.24) is 30.2 Å². The number of nitrogens with two attached hydrogens (primary N) is 2. The molecule has 9 nitrogen and oxygen atoms in total. The molecule has 0 aliphatic heterocycles. The van der Waals surface area contributed by atoms with E-state index in [2.05, 4.69) is 95.2 Å². The first-order chi connectivity index (χ1) is 20.4. The van der Waals surface area contributed by atoms with Gasteiger partial charge in [-0.15, -0.1) is 0 Å². The van der Waals surface area contributed by atoms with Crippen LogP contribution in [-0.2, 0) is 0 Å². The van der Waals surface area contributed by atoms with Crippen LogP contribution in [0, 0.1) is 0 Å². The van der Waals surface area contributed by atoms with E-state index in [1.807, 2.05) is 19.0 Å². The van der Waals surface area contributed by atoms with Crippen LogP contribution in [0.2, 0.25) is 0 Å². The van der Waals surface area contributed by atoms with E-state index >= 15 is 0 Å². The number of unbranched alkanes of at least 4 members (excludes halogenated alkanes) is 5. The Morgan fingerprint density at radius 1 is 0.512 bits per heavy atom. The van der Waals surface area contributed by atoms with Crippen LogP contribution in [0.15, 0.2) is 0 Å². The second-order valence-electron chi connectivity index (χ2n) is 12.1. The Labute approximate surface area is 272 Å². The predicted octanol–water partition coefficient (Wildman–Crippen LogP) is 4.01. The van der Waals surface area contributed by atoms with Gasteiger partial charge in [-0.05, 0) is 114 Å². The number of aliphatic hydroxyl groups is 1. The zero-order valence-corrected chi connectivity index (χ0v) is 31.8. The molecule has 0 fully saturated rings. The summed E-state index contributed by atoms with van der Waals surface area (Å²) in [4.78, 5) is 8.82. The molecule has 0 rings (SSSR count). The fraction of sp³-hybridized carbons (Fsp3) is 1.00. The minimum absolute atomic E-state index is 0.239. The van der Waals surface area contributed by atoms with Gasteiger partial charge in [0.2, 0.25) is 0 Å². The van der Waals surface area contributed by atoms with Crippen molar-refractivity contribution in [3.8, 4) is 0 Å². The van der Waals surface area contributed by atoms with Crippen molar-refractivity contribution in [2.75, 3.05) is 121 Å². The van der Waals surface area contributed by atoms with E-state index in [0.29, 0.717) is 6.54 Å². The van der Waals surface area contributed by atoms with Crippen molar-refractivity contribution in [2.24, 2.45) is 11.5 Å². The van der Waals surface area contributed by atoms with Gasteiger partial charge in [-0.25, -0.2) is 0 Å². The summed E-state index contributed by atoms with van der Waals surface area (Å²) < 4.78 is 0. The largest absolute Gasteiger partial charge is 0.390 e. The van der Waals surface area contributed by atoms with E-state index in [1.54, 1.807) is 0 Å². The molecule has 268 valence electrons. The second-order valence-corrected chi connectivity index (χ2v) is 12.1. The minimum Gasteiger partial charge on any atom is -0.390 e.